The smallest absolute Gasteiger partial charge is 0.265 e. The molecule has 2 amide bonds. The number of carbonyl (C=O) groups excluding carboxylic acids is 2. The van der Waals surface area contributed by atoms with Crippen molar-refractivity contribution in [1.82, 2.24) is 15.1 Å². The van der Waals surface area contributed by atoms with Gasteiger partial charge in [-0.3, -0.25) is 14.5 Å². The third-order valence-electron chi connectivity index (χ3n) is 6.43. The molecule has 6 nitrogen and oxygen atoms in total. The van der Waals surface area contributed by atoms with Crippen LogP contribution >= 0.6 is 11.3 Å². The van der Waals surface area contributed by atoms with Crippen LogP contribution in [0.1, 0.15) is 48.7 Å². The van der Waals surface area contributed by atoms with E-state index in [0.29, 0.717) is 23.2 Å². The van der Waals surface area contributed by atoms with Crippen LogP contribution in [0.4, 0.5) is 0 Å². The Balaban J connectivity index is 1.46. The van der Waals surface area contributed by atoms with Gasteiger partial charge in [-0.25, -0.2) is 0 Å². The van der Waals surface area contributed by atoms with Gasteiger partial charge >= 0.3 is 0 Å². The van der Waals surface area contributed by atoms with Crippen LogP contribution in [0.15, 0.2) is 36.4 Å². The van der Waals surface area contributed by atoms with Crippen molar-refractivity contribution >= 4 is 23.2 Å². The molecule has 172 valence electrons. The summed E-state index contributed by atoms with van der Waals surface area (Å²) in [5.41, 5.74) is 1.04. The van der Waals surface area contributed by atoms with Gasteiger partial charge in [0.2, 0.25) is 0 Å². The standard InChI is InChI=1S/C25H33N3O3S/c1-2-27-15-9-12-20(27)17-26-25(30)24-21(16-22(32-24)19-10-5-3-6-11-19)31-18-23(29)28-13-7-4-8-14-28/h3,5-6,10-11,16,20H,2,4,7-9,12-15,17-18H2,1H3,(H,26,30). The molecule has 0 saturated carbocycles. The van der Waals surface area contributed by atoms with Crippen molar-refractivity contribution in [2.75, 3.05) is 39.3 Å². The molecule has 1 aromatic carbocycles. The topological polar surface area (TPSA) is 61.9 Å². The van der Waals surface area contributed by atoms with Crippen molar-refractivity contribution in [1.29, 1.82) is 0 Å². The molecular formula is C25H33N3O3S. The summed E-state index contributed by atoms with van der Waals surface area (Å²) in [5, 5.41) is 3.12. The van der Waals surface area contributed by atoms with Crippen molar-refractivity contribution in [3.63, 3.8) is 0 Å². The van der Waals surface area contributed by atoms with Crippen molar-refractivity contribution in [2.24, 2.45) is 0 Å². The van der Waals surface area contributed by atoms with Crippen molar-refractivity contribution < 1.29 is 14.3 Å². The Labute approximate surface area is 194 Å². The molecule has 1 N–H and O–H groups in total. The van der Waals surface area contributed by atoms with E-state index in [-0.39, 0.29) is 18.4 Å². The lowest BCUT2D eigenvalue weighted by Crippen LogP contribution is -2.40. The predicted octanol–water partition coefficient (Wildman–Crippen LogP) is 4.02. The SMILES string of the molecule is CCN1CCCC1CNC(=O)c1sc(-c2ccccc2)cc1OCC(=O)N1CCCCC1. The number of rotatable bonds is 8. The molecule has 2 aliphatic rings. The minimum absolute atomic E-state index is 0.00642. The van der Waals surface area contributed by atoms with Gasteiger partial charge in [0, 0.05) is 30.6 Å². The van der Waals surface area contributed by atoms with E-state index in [9.17, 15) is 9.59 Å². The van der Waals surface area contributed by atoms with Crippen LogP contribution in [0.2, 0.25) is 0 Å². The van der Waals surface area contributed by atoms with Crippen LogP contribution in [0.25, 0.3) is 10.4 Å². The summed E-state index contributed by atoms with van der Waals surface area (Å²) >= 11 is 1.42. The number of amides is 2. The van der Waals surface area contributed by atoms with Gasteiger partial charge in [-0.1, -0.05) is 37.3 Å². The second-order valence-electron chi connectivity index (χ2n) is 8.53. The summed E-state index contributed by atoms with van der Waals surface area (Å²) in [7, 11) is 0. The highest BCUT2D eigenvalue weighted by Gasteiger charge is 2.26. The lowest BCUT2D eigenvalue weighted by molar-refractivity contribution is -0.134. The van der Waals surface area contributed by atoms with Gasteiger partial charge in [0.05, 0.1) is 0 Å². The van der Waals surface area contributed by atoms with Crippen LogP contribution < -0.4 is 10.1 Å². The highest BCUT2D eigenvalue weighted by molar-refractivity contribution is 7.17. The lowest BCUT2D eigenvalue weighted by Gasteiger charge is -2.26. The first kappa shape index (κ1) is 22.8. The van der Waals surface area contributed by atoms with Gasteiger partial charge in [0.15, 0.2) is 6.61 Å². The lowest BCUT2D eigenvalue weighted by atomic mass is 10.1. The molecular weight excluding hydrogens is 422 g/mol. The van der Waals surface area contributed by atoms with Crippen LogP contribution in [0, 0.1) is 0 Å². The summed E-state index contributed by atoms with van der Waals surface area (Å²) < 4.78 is 5.94. The third kappa shape index (κ3) is 5.51. The number of nitrogens with zero attached hydrogens (tertiary/aromatic N) is 2. The van der Waals surface area contributed by atoms with Gasteiger partial charge in [-0.2, -0.15) is 0 Å². The molecule has 0 radical (unpaired) electrons. The normalized spacial score (nSPS) is 19.2. The summed E-state index contributed by atoms with van der Waals surface area (Å²) in [6, 6.07) is 12.3. The number of thiophene rings is 1. The molecule has 32 heavy (non-hydrogen) atoms. The van der Waals surface area contributed by atoms with Crippen LogP contribution in [0.5, 0.6) is 5.75 Å². The van der Waals surface area contributed by atoms with E-state index in [1.807, 2.05) is 41.3 Å². The minimum atomic E-state index is -0.124. The van der Waals surface area contributed by atoms with E-state index in [1.54, 1.807) is 0 Å². The number of carbonyl (C=O) groups is 2. The summed E-state index contributed by atoms with van der Waals surface area (Å²) in [6.07, 6.45) is 5.56. The average molecular weight is 456 g/mol. The van der Waals surface area contributed by atoms with Gasteiger partial charge in [-0.15, -0.1) is 11.3 Å². The molecule has 3 heterocycles. The number of nitrogens with one attached hydrogen (secondary N) is 1. The van der Waals surface area contributed by atoms with Gasteiger partial charge < -0.3 is 15.0 Å². The van der Waals surface area contributed by atoms with Crippen molar-refractivity contribution in [3.8, 4) is 16.2 Å². The zero-order valence-corrected chi connectivity index (χ0v) is 19.7. The molecule has 1 atom stereocenters. The zero-order valence-electron chi connectivity index (χ0n) is 18.8. The molecule has 0 aliphatic carbocycles. The van der Waals surface area contributed by atoms with Gasteiger partial charge in [0.1, 0.15) is 10.6 Å². The van der Waals surface area contributed by atoms with E-state index in [4.69, 9.17) is 4.74 Å². The average Bonchev–Trinajstić information content (AvgIpc) is 3.49. The maximum atomic E-state index is 13.1. The summed E-state index contributed by atoms with van der Waals surface area (Å²) in [6.45, 7) is 6.46. The van der Waals surface area contributed by atoms with Crippen molar-refractivity contribution in [3.05, 3.63) is 41.3 Å². The Morgan fingerprint density at radius 3 is 2.62 bits per heavy atom. The monoisotopic (exact) mass is 455 g/mol. The number of likely N-dealkylation sites (tertiary alicyclic amines) is 2. The Kier molecular flexibility index (Phi) is 7.81. The number of hydrogen-bond donors (Lipinski definition) is 1. The first-order chi connectivity index (χ1) is 15.7. The number of hydrogen-bond acceptors (Lipinski definition) is 5. The maximum Gasteiger partial charge on any atom is 0.265 e. The molecule has 4 rings (SSSR count). The fourth-order valence-electron chi connectivity index (χ4n) is 4.59. The molecule has 0 bridgehead atoms. The van der Waals surface area contributed by atoms with E-state index in [0.717, 1.165) is 55.9 Å². The first-order valence-corrected chi connectivity index (χ1v) is 12.6. The number of ether oxygens (including phenoxy) is 1. The maximum absolute atomic E-state index is 13.1. The Hall–Kier alpha value is -2.38. The van der Waals surface area contributed by atoms with E-state index in [1.165, 1.54) is 24.2 Å². The van der Waals surface area contributed by atoms with E-state index in [2.05, 4.69) is 17.1 Å². The van der Waals surface area contributed by atoms with Crippen LogP contribution in [0.3, 0.4) is 0 Å². The fourth-order valence-corrected chi connectivity index (χ4v) is 5.62. The fraction of sp³-hybridized carbons (Fsp3) is 0.520. The summed E-state index contributed by atoms with van der Waals surface area (Å²) in [4.78, 5) is 31.5. The Morgan fingerprint density at radius 1 is 1.09 bits per heavy atom. The highest BCUT2D eigenvalue weighted by Crippen LogP contribution is 2.36. The van der Waals surface area contributed by atoms with Gasteiger partial charge in [0.25, 0.3) is 11.8 Å². The first-order valence-electron chi connectivity index (χ1n) is 11.8. The Bertz CT molecular complexity index is 908. The minimum Gasteiger partial charge on any atom is -0.482 e. The molecule has 0 spiro atoms. The van der Waals surface area contributed by atoms with E-state index < -0.39 is 0 Å². The molecule has 1 aromatic heterocycles. The predicted molar refractivity (Wildman–Crippen MR) is 128 cm³/mol. The largest absolute Gasteiger partial charge is 0.482 e. The van der Waals surface area contributed by atoms with Crippen molar-refractivity contribution in [2.45, 2.75) is 45.1 Å². The quantitative estimate of drug-likeness (QED) is 0.653. The molecule has 7 heteroatoms. The zero-order chi connectivity index (χ0) is 22.3. The Morgan fingerprint density at radius 2 is 1.88 bits per heavy atom. The summed E-state index contributed by atoms with van der Waals surface area (Å²) in [5.74, 6) is 0.365. The van der Waals surface area contributed by atoms with Crippen LogP contribution in [-0.4, -0.2) is 67.0 Å². The molecule has 2 aromatic rings. The third-order valence-corrected chi connectivity index (χ3v) is 7.59. The molecule has 2 aliphatic heterocycles. The number of benzene rings is 1. The number of likely N-dealkylation sites (N-methyl/N-ethyl adjacent to an activating group) is 1. The second-order valence-corrected chi connectivity index (χ2v) is 9.59. The van der Waals surface area contributed by atoms with E-state index >= 15 is 0 Å². The van der Waals surface area contributed by atoms with Gasteiger partial charge in [-0.05, 0) is 56.8 Å². The number of piperidine rings is 1. The molecule has 1 unspecified atom stereocenters. The van der Waals surface area contributed by atoms with Crippen LogP contribution in [-0.2, 0) is 4.79 Å². The highest BCUT2D eigenvalue weighted by atomic mass is 32.1. The second kappa shape index (κ2) is 11.0. The molecule has 2 saturated heterocycles. The molecule has 2 fully saturated rings.